The zero-order chi connectivity index (χ0) is 32.7. The number of ether oxygens (including phenoxy) is 1. The summed E-state index contributed by atoms with van der Waals surface area (Å²) in [5.74, 6) is -1.66. The van der Waals surface area contributed by atoms with Gasteiger partial charge in [-0.05, 0) is 61.4 Å². The van der Waals surface area contributed by atoms with Crippen LogP contribution in [0.1, 0.15) is 38.3 Å². The molecule has 0 saturated heterocycles. The van der Waals surface area contributed by atoms with E-state index in [-0.39, 0.29) is 28.8 Å². The van der Waals surface area contributed by atoms with Crippen molar-refractivity contribution in [2.24, 2.45) is 0 Å². The number of carboxylic acids is 1. The summed E-state index contributed by atoms with van der Waals surface area (Å²) in [7, 11) is 0. The van der Waals surface area contributed by atoms with E-state index in [0.29, 0.717) is 27.8 Å². The van der Waals surface area contributed by atoms with Crippen LogP contribution in [-0.4, -0.2) is 30.8 Å². The molecule has 2 aromatic carbocycles. The first-order valence-corrected chi connectivity index (χ1v) is 13.4. The molecule has 0 amide bonds. The third-order valence-electron chi connectivity index (χ3n) is 6.80. The van der Waals surface area contributed by atoms with Gasteiger partial charge >= 0.3 is 18.3 Å². The van der Waals surface area contributed by atoms with Crippen LogP contribution in [0.25, 0.3) is 28.3 Å². The average Bonchev–Trinajstić information content (AvgIpc) is 3.43. The Bertz CT molecular complexity index is 1920. The van der Waals surface area contributed by atoms with Gasteiger partial charge in [0, 0.05) is 17.3 Å². The fourth-order valence-electron chi connectivity index (χ4n) is 4.58. The number of aryl methyl sites for hydroxylation is 2. The second kappa shape index (κ2) is 11.9. The minimum Gasteiger partial charge on any atom is -0.488 e. The van der Waals surface area contributed by atoms with Crippen molar-refractivity contribution in [2.45, 2.75) is 32.8 Å². The Kier molecular flexibility index (Phi) is 8.32. The molecule has 45 heavy (non-hydrogen) atoms. The molecule has 0 aliphatic carbocycles. The van der Waals surface area contributed by atoms with E-state index in [0.717, 1.165) is 29.0 Å². The maximum atomic E-state index is 13.8. The number of hydrogen-bond donors (Lipinski definition) is 1. The molecule has 0 unspecified atom stereocenters. The van der Waals surface area contributed by atoms with Gasteiger partial charge in [-0.3, -0.25) is 4.98 Å². The number of aromatic nitrogens is 4. The number of hydrogen-bond acceptors (Lipinski definition) is 5. The number of carboxylic acid groups (broad SMARTS) is 1. The number of halogens is 7. The molecule has 0 aliphatic heterocycles. The number of rotatable bonds is 7. The fraction of sp³-hybridized carbons (Fsp3) is 0.161. The van der Waals surface area contributed by atoms with E-state index in [4.69, 9.17) is 16.3 Å². The summed E-state index contributed by atoms with van der Waals surface area (Å²) in [6.07, 6.45) is -8.25. The summed E-state index contributed by atoms with van der Waals surface area (Å²) < 4.78 is 87.0. The number of carbonyl (C=O) groups is 1. The molecule has 0 bridgehead atoms. The van der Waals surface area contributed by atoms with Gasteiger partial charge in [0.25, 0.3) is 0 Å². The Labute approximate surface area is 256 Å². The molecular formula is C31H21ClF6N4O3. The van der Waals surface area contributed by atoms with Crippen molar-refractivity contribution in [2.75, 3.05) is 0 Å². The summed E-state index contributed by atoms with van der Waals surface area (Å²) in [5, 5.41) is 12.7. The van der Waals surface area contributed by atoms with E-state index in [2.05, 4.69) is 15.1 Å². The lowest BCUT2D eigenvalue weighted by molar-refractivity contribution is -0.143. The van der Waals surface area contributed by atoms with Gasteiger partial charge in [-0.25, -0.2) is 14.5 Å². The normalized spacial score (nSPS) is 11.9. The van der Waals surface area contributed by atoms with Gasteiger partial charge in [-0.15, -0.1) is 0 Å². The molecule has 14 heteroatoms. The predicted molar refractivity (Wildman–Crippen MR) is 152 cm³/mol. The van der Waals surface area contributed by atoms with Crippen LogP contribution >= 0.6 is 11.6 Å². The maximum absolute atomic E-state index is 13.8. The number of nitrogens with zero attached hydrogens (tertiary/aromatic N) is 4. The molecule has 3 aromatic heterocycles. The third kappa shape index (κ3) is 6.63. The van der Waals surface area contributed by atoms with Crippen LogP contribution in [0.4, 0.5) is 26.3 Å². The summed E-state index contributed by atoms with van der Waals surface area (Å²) in [6, 6.07) is 15.4. The first-order chi connectivity index (χ1) is 21.1. The minimum atomic E-state index is -5.01. The summed E-state index contributed by atoms with van der Waals surface area (Å²) in [6.45, 7) is 3.67. The molecule has 5 aromatic rings. The zero-order valence-electron chi connectivity index (χ0n) is 23.3. The average molecular weight is 647 g/mol. The van der Waals surface area contributed by atoms with Crippen LogP contribution in [0.2, 0.25) is 5.02 Å². The molecule has 5 rings (SSSR count). The topological polar surface area (TPSA) is 90.1 Å². The van der Waals surface area contributed by atoms with E-state index >= 15 is 0 Å². The van der Waals surface area contributed by atoms with Gasteiger partial charge in [0.05, 0.1) is 28.2 Å². The van der Waals surface area contributed by atoms with E-state index in [1.807, 2.05) is 6.92 Å². The molecule has 0 aliphatic rings. The van der Waals surface area contributed by atoms with Gasteiger partial charge in [-0.1, -0.05) is 41.4 Å². The van der Waals surface area contributed by atoms with Gasteiger partial charge in [0.2, 0.25) is 0 Å². The first-order valence-electron chi connectivity index (χ1n) is 13.1. The van der Waals surface area contributed by atoms with Crippen molar-refractivity contribution < 1.29 is 41.0 Å². The Morgan fingerprint density at radius 2 is 1.71 bits per heavy atom. The molecular weight excluding hydrogens is 626 g/mol. The quantitative estimate of drug-likeness (QED) is 0.178. The van der Waals surface area contributed by atoms with Crippen LogP contribution in [-0.2, 0) is 19.0 Å². The molecule has 0 radical (unpaired) electrons. The van der Waals surface area contributed by atoms with Crippen molar-refractivity contribution >= 4 is 17.6 Å². The standard InChI is InChI=1S/C31H21ClF6N4O3/c1-16-6-9-25(45-15-19-8-7-18(11-17(19)2)27-23(32)12-20(13-39-27)30(33,34)35)21(10-16)24-4-3-5-26(41-24)42-28(31(36,37)38)22(14-40-42)29(43)44/h3-14H,15H2,1-2H3,(H,43,44). The van der Waals surface area contributed by atoms with Crippen molar-refractivity contribution in [3.8, 4) is 34.1 Å². The molecule has 3 heterocycles. The van der Waals surface area contributed by atoms with Crippen molar-refractivity contribution in [1.82, 2.24) is 19.7 Å². The monoisotopic (exact) mass is 646 g/mol. The number of benzene rings is 2. The second-order valence-electron chi connectivity index (χ2n) is 9.98. The molecule has 232 valence electrons. The van der Waals surface area contributed by atoms with E-state index < -0.39 is 35.1 Å². The Hall–Kier alpha value is -4.91. The Morgan fingerprint density at radius 3 is 2.36 bits per heavy atom. The van der Waals surface area contributed by atoms with E-state index in [1.54, 1.807) is 49.4 Å². The Morgan fingerprint density at radius 1 is 0.956 bits per heavy atom. The highest BCUT2D eigenvalue weighted by Gasteiger charge is 2.41. The molecule has 0 fully saturated rings. The predicted octanol–water partition coefficient (Wildman–Crippen LogP) is 8.58. The highest BCUT2D eigenvalue weighted by atomic mass is 35.5. The van der Waals surface area contributed by atoms with Gasteiger partial charge in [0.1, 0.15) is 17.9 Å². The van der Waals surface area contributed by atoms with Crippen molar-refractivity contribution in [1.29, 1.82) is 0 Å². The summed E-state index contributed by atoms with van der Waals surface area (Å²) in [4.78, 5) is 19.7. The van der Waals surface area contributed by atoms with Gasteiger partial charge < -0.3 is 9.84 Å². The molecule has 1 N–H and O–H groups in total. The Balaban J connectivity index is 1.43. The SMILES string of the molecule is Cc1ccc(OCc2ccc(-c3ncc(C(F)(F)F)cc3Cl)cc2C)c(-c2cccc(-n3ncc(C(=O)O)c3C(F)(F)F)n2)c1. The van der Waals surface area contributed by atoms with Crippen LogP contribution < -0.4 is 4.74 Å². The number of aromatic carboxylic acids is 1. The highest BCUT2D eigenvalue weighted by Crippen LogP contribution is 2.37. The third-order valence-corrected chi connectivity index (χ3v) is 7.09. The zero-order valence-corrected chi connectivity index (χ0v) is 24.1. The van der Waals surface area contributed by atoms with E-state index in [1.165, 1.54) is 12.1 Å². The molecule has 0 saturated carbocycles. The van der Waals surface area contributed by atoms with Crippen LogP contribution in [0, 0.1) is 13.8 Å². The lowest BCUT2D eigenvalue weighted by atomic mass is 10.0. The van der Waals surface area contributed by atoms with Gasteiger partial charge in [0.15, 0.2) is 11.5 Å². The lowest BCUT2D eigenvalue weighted by Crippen LogP contribution is -2.18. The molecule has 0 atom stereocenters. The van der Waals surface area contributed by atoms with Crippen molar-refractivity contribution in [3.63, 3.8) is 0 Å². The molecule has 0 spiro atoms. The summed E-state index contributed by atoms with van der Waals surface area (Å²) in [5.41, 5.74) is 0.279. The fourth-order valence-corrected chi connectivity index (χ4v) is 4.85. The van der Waals surface area contributed by atoms with Crippen molar-refractivity contribution in [3.05, 3.63) is 112 Å². The van der Waals surface area contributed by atoms with Crippen LogP contribution in [0.3, 0.4) is 0 Å². The second-order valence-corrected chi connectivity index (χ2v) is 10.4. The summed E-state index contributed by atoms with van der Waals surface area (Å²) >= 11 is 6.11. The maximum Gasteiger partial charge on any atom is 0.434 e. The highest BCUT2D eigenvalue weighted by molar-refractivity contribution is 6.33. The molecule has 7 nitrogen and oxygen atoms in total. The number of pyridine rings is 2. The van der Waals surface area contributed by atoms with Gasteiger partial charge in [-0.2, -0.15) is 31.4 Å². The number of alkyl halides is 6. The largest absolute Gasteiger partial charge is 0.488 e. The minimum absolute atomic E-state index is 0.0649. The lowest BCUT2D eigenvalue weighted by Gasteiger charge is -2.16. The van der Waals surface area contributed by atoms with E-state index in [9.17, 15) is 36.2 Å². The smallest absolute Gasteiger partial charge is 0.434 e. The van der Waals surface area contributed by atoms with Crippen LogP contribution in [0.5, 0.6) is 5.75 Å². The first kappa shape index (κ1) is 31.5. The van der Waals surface area contributed by atoms with Crippen LogP contribution in [0.15, 0.2) is 73.1 Å².